The van der Waals surface area contributed by atoms with Crippen molar-refractivity contribution in [3.05, 3.63) is 58.3 Å². The number of hydrogen-bond donors (Lipinski definition) is 0. The van der Waals surface area contributed by atoms with E-state index in [9.17, 15) is 13.2 Å². The fraction of sp³-hybridized carbons (Fsp3) is 0.407. The lowest BCUT2D eigenvalue weighted by Crippen LogP contribution is -2.55. The maximum absolute atomic E-state index is 12.5. The third kappa shape index (κ3) is 8.90. The van der Waals surface area contributed by atoms with E-state index >= 15 is 0 Å². The van der Waals surface area contributed by atoms with Gasteiger partial charge in [-0.05, 0) is 57.5 Å². The average Bonchev–Trinajstić information content (AvgIpc) is 2.86. The van der Waals surface area contributed by atoms with Crippen LogP contribution in [0.4, 0.5) is 10.7 Å². The Bertz CT molecular complexity index is 1500. The second-order valence-corrected chi connectivity index (χ2v) is 13.1. The van der Waals surface area contributed by atoms with Crippen LogP contribution in [0.5, 0.6) is 11.6 Å². The molecule has 1 saturated heterocycles. The van der Waals surface area contributed by atoms with Gasteiger partial charge >= 0.3 is 6.09 Å². The van der Waals surface area contributed by atoms with E-state index in [2.05, 4.69) is 15.0 Å². The molecule has 0 bridgehead atoms. The molecule has 1 atom stereocenters. The van der Waals surface area contributed by atoms with Crippen LogP contribution in [0.3, 0.4) is 0 Å². The van der Waals surface area contributed by atoms with Crippen LogP contribution in [-0.2, 0) is 25.6 Å². The Morgan fingerprint density at radius 1 is 1.05 bits per heavy atom. The number of aromatic nitrogens is 3. The summed E-state index contributed by atoms with van der Waals surface area (Å²) in [7, 11) is -3.68. The second-order valence-electron chi connectivity index (χ2n) is 10.6. The van der Waals surface area contributed by atoms with Crippen LogP contribution in [0.15, 0.2) is 42.7 Å². The van der Waals surface area contributed by atoms with Gasteiger partial charge in [0, 0.05) is 47.4 Å². The SMILES string of the molecule is CC1CN(c2ncc(Oc3cc(COS(C)(=O)=O)cc(-c4cc(Cl)cc(Cl)c4)n3)cn2)CCN1C(=O)OC(C)(C)C. The van der Waals surface area contributed by atoms with Crippen LogP contribution in [0.1, 0.15) is 33.3 Å². The van der Waals surface area contributed by atoms with Gasteiger partial charge in [-0.15, -0.1) is 0 Å². The summed E-state index contributed by atoms with van der Waals surface area (Å²) in [4.78, 5) is 29.6. The molecule has 0 radical (unpaired) electrons. The molecule has 1 unspecified atom stereocenters. The molecular formula is C27H31Cl2N5O6S. The minimum atomic E-state index is -3.68. The first-order chi connectivity index (χ1) is 19.1. The summed E-state index contributed by atoms with van der Waals surface area (Å²) in [5.41, 5.74) is 0.998. The number of rotatable bonds is 7. The van der Waals surface area contributed by atoms with Gasteiger partial charge in [-0.2, -0.15) is 8.42 Å². The van der Waals surface area contributed by atoms with E-state index in [1.165, 1.54) is 12.4 Å². The monoisotopic (exact) mass is 623 g/mol. The first-order valence-electron chi connectivity index (χ1n) is 12.7. The molecule has 1 fully saturated rings. The van der Waals surface area contributed by atoms with Crippen molar-refractivity contribution in [2.75, 3.05) is 30.8 Å². The average molecular weight is 625 g/mol. The highest BCUT2D eigenvalue weighted by Gasteiger charge is 2.31. The van der Waals surface area contributed by atoms with E-state index in [0.717, 1.165) is 6.26 Å². The molecule has 0 N–H and O–H groups in total. The summed E-state index contributed by atoms with van der Waals surface area (Å²) in [6.07, 6.45) is 3.67. The number of hydrogen-bond acceptors (Lipinski definition) is 10. The molecule has 14 heteroatoms. The Labute approximate surface area is 249 Å². The molecule has 220 valence electrons. The molecule has 11 nitrogen and oxygen atoms in total. The van der Waals surface area contributed by atoms with Gasteiger partial charge < -0.3 is 19.3 Å². The minimum absolute atomic E-state index is 0.0994. The van der Waals surface area contributed by atoms with Crippen molar-refractivity contribution in [3.8, 4) is 22.9 Å². The topological polar surface area (TPSA) is 124 Å². The second kappa shape index (κ2) is 12.4. The number of pyridine rings is 1. The van der Waals surface area contributed by atoms with Crippen molar-refractivity contribution < 1.29 is 26.9 Å². The molecule has 0 saturated carbocycles. The molecule has 1 amide bonds. The molecular weight excluding hydrogens is 593 g/mol. The van der Waals surface area contributed by atoms with Gasteiger partial charge in [0.2, 0.25) is 11.8 Å². The van der Waals surface area contributed by atoms with Crippen LogP contribution in [0.2, 0.25) is 10.0 Å². The number of piperazine rings is 1. The first kappa shape index (κ1) is 30.8. The number of amides is 1. The number of halogens is 2. The normalized spacial score (nSPS) is 16.0. The molecule has 0 spiro atoms. The van der Waals surface area contributed by atoms with E-state index in [4.69, 9.17) is 36.9 Å². The van der Waals surface area contributed by atoms with Crippen molar-refractivity contribution in [1.82, 2.24) is 19.9 Å². The molecule has 1 aliphatic rings. The summed E-state index contributed by atoms with van der Waals surface area (Å²) in [5, 5.41) is 0.833. The summed E-state index contributed by atoms with van der Waals surface area (Å²) in [6.45, 7) is 8.80. The fourth-order valence-corrected chi connectivity index (χ4v) is 4.97. The standard InChI is InChI=1S/C27H31Cl2N5O6S/c1-17-15-33(6-7-34(17)26(35)40-27(2,3)4)25-30-13-22(14-31-25)39-24-9-18(16-38-41(5,36)37)8-23(32-24)19-10-20(28)12-21(29)11-19/h8-14,17H,6-7,15-16H2,1-5H3. The largest absolute Gasteiger partial charge is 0.444 e. The highest BCUT2D eigenvalue weighted by Crippen LogP contribution is 2.30. The minimum Gasteiger partial charge on any atom is -0.444 e. The molecule has 41 heavy (non-hydrogen) atoms. The van der Waals surface area contributed by atoms with E-state index < -0.39 is 15.7 Å². The molecule has 4 rings (SSSR count). The summed E-state index contributed by atoms with van der Waals surface area (Å²) in [5.74, 6) is 0.977. The quantitative estimate of drug-likeness (QED) is 0.309. The Balaban J connectivity index is 1.50. The molecule has 3 aromatic rings. The van der Waals surface area contributed by atoms with Gasteiger partial charge in [0.1, 0.15) is 5.60 Å². The van der Waals surface area contributed by atoms with Gasteiger partial charge in [0.15, 0.2) is 5.75 Å². The Kier molecular flexibility index (Phi) is 9.27. The number of nitrogens with zero attached hydrogens (tertiary/aromatic N) is 5. The molecule has 1 aromatic carbocycles. The van der Waals surface area contributed by atoms with E-state index in [-0.39, 0.29) is 24.6 Å². The Morgan fingerprint density at radius 3 is 2.29 bits per heavy atom. The zero-order valence-electron chi connectivity index (χ0n) is 23.3. The predicted molar refractivity (Wildman–Crippen MR) is 156 cm³/mol. The van der Waals surface area contributed by atoms with E-state index in [1.807, 2.05) is 32.6 Å². The lowest BCUT2D eigenvalue weighted by atomic mass is 10.1. The number of carbonyl (C=O) groups is 1. The number of benzene rings is 1. The Morgan fingerprint density at radius 2 is 1.71 bits per heavy atom. The van der Waals surface area contributed by atoms with Crippen LogP contribution in [0.25, 0.3) is 11.3 Å². The van der Waals surface area contributed by atoms with Crippen molar-refractivity contribution >= 4 is 45.4 Å². The highest BCUT2D eigenvalue weighted by atomic mass is 35.5. The molecule has 1 aliphatic heterocycles. The lowest BCUT2D eigenvalue weighted by molar-refractivity contribution is 0.0158. The summed E-state index contributed by atoms with van der Waals surface area (Å²) < 4.78 is 39.5. The van der Waals surface area contributed by atoms with Gasteiger partial charge in [-0.1, -0.05) is 23.2 Å². The number of carbonyl (C=O) groups excluding carboxylic acids is 1. The van der Waals surface area contributed by atoms with Crippen LogP contribution in [0, 0.1) is 0 Å². The zero-order valence-corrected chi connectivity index (χ0v) is 25.6. The van der Waals surface area contributed by atoms with Crippen LogP contribution in [-0.4, -0.2) is 71.9 Å². The first-order valence-corrected chi connectivity index (χ1v) is 15.3. The van der Waals surface area contributed by atoms with Crippen molar-refractivity contribution in [2.45, 2.75) is 45.9 Å². The van der Waals surface area contributed by atoms with E-state index in [1.54, 1.807) is 35.2 Å². The lowest BCUT2D eigenvalue weighted by Gasteiger charge is -2.40. The van der Waals surface area contributed by atoms with E-state index in [0.29, 0.717) is 58.2 Å². The van der Waals surface area contributed by atoms with Crippen molar-refractivity contribution in [3.63, 3.8) is 0 Å². The highest BCUT2D eigenvalue weighted by molar-refractivity contribution is 7.85. The van der Waals surface area contributed by atoms with Gasteiger partial charge in [-0.25, -0.2) is 19.7 Å². The molecule has 0 aliphatic carbocycles. The maximum Gasteiger partial charge on any atom is 0.410 e. The third-order valence-electron chi connectivity index (χ3n) is 5.83. The zero-order chi connectivity index (χ0) is 29.9. The predicted octanol–water partition coefficient (Wildman–Crippen LogP) is 5.56. The van der Waals surface area contributed by atoms with Crippen LogP contribution < -0.4 is 9.64 Å². The smallest absolute Gasteiger partial charge is 0.410 e. The van der Waals surface area contributed by atoms with Gasteiger partial charge in [0.05, 0.1) is 31.0 Å². The van der Waals surface area contributed by atoms with Gasteiger partial charge in [-0.3, -0.25) is 4.18 Å². The van der Waals surface area contributed by atoms with Crippen molar-refractivity contribution in [2.24, 2.45) is 0 Å². The maximum atomic E-state index is 12.5. The number of ether oxygens (including phenoxy) is 2. The Hall–Kier alpha value is -3.19. The van der Waals surface area contributed by atoms with Crippen molar-refractivity contribution in [1.29, 1.82) is 0 Å². The van der Waals surface area contributed by atoms with Crippen LogP contribution >= 0.6 is 23.2 Å². The van der Waals surface area contributed by atoms with Gasteiger partial charge in [0.25, 0.3) is 10.1 Å². The third-order valence-corrected chi connectivity index (χ3v) is 6.82. The number of anilines is 1. The fourth-order valence-electron chi connectivity index (χ4n) is 4.10. The molecule has 3 heterocycles. The summed E-state index contributed by atoms with van der Waals surface area (Å²) in [6, 6.07) is 8.09. The molecule has 2 aromatic heterocycles. The summed E-state index contributed by atoms with van der Waals surface area (Å²) >= 11 is 12.3.